The van der Waals surface area contributed by atoms with E-state index in [1.54, 1.807) is 30.7 Å². The molecule has 1 amide bonds. The molecule has 1 aromatic rings. The Morgan fingerprint density at radius 2 is 2.54 bits per heavy atom. The Hall–Kier alpha value is -1.84. The third kappa shape index (κ3) is 1.51. The van der Waals surface area contributed by atoms with E-state index < -0.39 is 0 Å². The molecular weight excluding hydrogens is 166 g/mol. The summed E-state index contributed by atoms with van der Waals surface area (Å²) in [5, 5.41) is 1.52. The molecule has 2 rings (SSSR count). The highest BCUT2D eigenvalue weighted by molar-refractivity contribution is 5.93. The van der Waals surface area contributed by atoms with Crippen molar-refractivity contribution in [3.05, 3.63) is 42.4 Å². The number of aromatic nitrogens is 1. The minimum absolute atomic E-state index is 0.0573. The second-order valence-corrected chi connectivity index (χ2v) is 2.69. The van der Waals surface area contributed by atoms with Crippen molar-refractivity contribution >= 4 is 5.91 Å². The van der Waals surface area contributed by atoms with Crippen molar-refractivity contribution in [1.82, 2.24) is 15.4 Å². The normalized spacial score (nSPS) is 14.3. The zero-order valence-corrected chi connectivity index (χ0v) is 6.97. The van der Waals surface area contributed by atoms with Crippen LogP contribution in [0.15, 0.2) is 36.8 Å². The molecule has 4 heteroatoms. The summed E-state index contributed by atoms with van der Waals surface area (Å²) in [4.78, 5) is 15.5. The van der Waals surface area contributed by atoms with Gasteiger partial charge >= 0.3 is 0 Å². The first-order chi connectivity index (χ1) is 6.38. The van der Waals surface area contributed by atoms with Crippen molar-refractivity contribution in [2.45, 2.75) is 0 Å². The summed E-state index contributed by atoms with van der Waals surface area (Å²) in [7, 11) is 0. The highest BCUT2D eigenvalue weighted by Crippen LogP contribution is 2.03. The number of amides is 1. The maximum atomic E-state index is 11.6. The summed E-state index contributed by atoms with van der Waals surface area (Å²) in [6.07, 6.45) is 6.83. The van der Waals surface area contributed by atoms with E-state index >= 15 is 0 Å². The van der Waals surface area contributed by atoms with Gasteiger partial charge in [-0.15, -0.1) is 0 Å². The molecule has 1 aromatic heterocycles. The first kappa shape index (κ1) is 7.79. The minimum Gasteiger partial charge on any atom is -0.303 e. The molecule has 2 heterocycles. The van der Waals surface area contributed by atoms with Crippen molar-refractivity contribution < 1.29 is 4.79 Å². The Morgan fingerprint density at radius 1 is 1.62 bits per heavy atom. The molecule has 1 aliphatic rings. The fourth-order valence-electron chi connectivity index (χ4n) is 1.14. The molecule has 1 aliphatic heterocycles. The van der Waals surface area contributed by atoms with Gasteiger partial charge in [0.05, 0.1) is 12.1 Å². The van der Waals surface area contributed by atoms with Crippen LogP contribution in [-0.2, 0) is 0 Å². The van der Waals surface area contributed by atoms with Crippen LogP contribution in [0.3, 0.4) is 0 Å². The number of carbonyl (C=O) groups is 1. The summed E-state index contributed by atoms with van der Waals surface area (Å²) in [6.45, 7) is 0.605. The molecule has 0 radical (unpaired) electrons. The molecule has 0 bridgehead atoms. The third-order valence-electron chi connectivity index (χ3n) is 1.79. The molecule has 4 nitrogen and oxygen atoms in total. The number of hydrazine groups is 1. The fraction of sp³-hybridized carbons (Fsp3) is 0.111. The van der Waals surface area contributed by atoms with Gasteiger partial charge in [0, 0.05) is 18.6 Å². The molecule has 0 fully saturated rings. The Kier molecular flexibility index (Phi) is 1.96. The van der Waals surface area contributed by atoms with Gasteiger partial charge in [0.2, 0.25) is 0 Å². The lowest BCUT2D eigenvalue weighted by Crippen LogP contribution is -2.36. The minimum atomic E-state index is -0.0573. The first-order valence-corrected chi connectivity index (χ1v) is 4.01. The van der Waals surface area contributed by atoms with E-state index in [0.717, 1.165) is 0 Å². The standard InChI is InChI=1S/C9H9N3O/c13-9(12-6-2-5-11-12)8-3-1-4-10-7-8/h1-5,7,11H,6H2. The predicted octanol–water partition coefficient (Wildman–Crippen LogP) is 0.556. The van der Waals surface area contributed by atoms with Gasteiger partial charge in [0.1, 0.15) is 0 Å². The van der Waals surface area contributed by atoms with Gasteiger partial charge in [-0.3, -0.25) is 9.78 Å². The van der Waals surface area contributed by atoms with Gasteiger partial charge in [-0.05, 0) is 18.2 Å². The van der Waals surface area contributed by atoms with Crippen LogP contribution >= 0.6 is 0 Å². The topological polar surface area (TPSA) is 45.2 Å². The molecule has 0 atom stereocenters. The average Bonchev–Trinajstić information content (AvgIpc) is 2.71. The first-order valence-electron chi connectivity index (χ1n) is 4.01. The summed E-state index contributed by atoms with van der Waals surface area (Å²) < 4.78 is 0. The molecule has 0 aromatic carbocycles. The van der Waals surface area contributed by atoms with Crippen LogP contribution in [0.5, 0.6) is 0 Å². The van der Waals surface area contributed by atoms with Gasteiger partial charge in [0.25, 0.3) is 5.91 Å². The van der Waals surface area contributed by atoms with Crippen molar-refractivity contribution in [3.63, 3.8) is 0 Å². The van der Waals surface area contributed by atoms with Crippen LogP contribution in [0.4, 0.5) is 0 Å². The smallest absolute Gasteiger partial charge is 0.274 e. The lowest BCUT2D eigenvalue weighted by molar-refractivity contribution is 0.0736. The zero-order chi connectivity index (χ0) is 9.10. The lowest BCUT2D eigenvalue weighted by Gasteiger charge is -2.15. The number of hydrogen-bond acceptors (Lipinski definition) is 3. The second-order valence-electron chi connectivity index (χ2n) is 2.69. The number of rotatable bonds is 1. The maximum absolute atomic E-state index is 11.6. The molecule has 0 saturated heterocycles. The number of carbonyl (C=O) groups excluding carboxylic acids is 1. The summed E-state index contributed by atoms with van der Waals surface area (Å²) in [5.74, 6) is -0.0573. The monoisotopic (exact) mass is 175 g/mol. The molecule has 0 spiro atoms. The Bertz CT molecular complexity index is 326. The van der Waals surface area contributed by atoms with Crippen LogP contribution in [-0.4, -0.2) is 22.4 Å². The maximum Gasteiger partial charge on any atom is 0.274 e. The van der Waals surface area contributed by atoms with Crippen molar-refractivity contribution in [3.8, 4) is 0 Å². The molecule has 13 heavy (non-hydrogen) atoms. The van der Waals surface area contributed by atoms with Gasteiger partial charge in [-0.25, -0.2) is 5.01 Å². The van der Waals surface area contributed by atoms with E-state index in [0.29, 0.717) is 12.1 Å². The van der Waals surface area contributed by atoms with Crippen molar-refractivity contribution in [2.75, 3.05) is 6.54 Å². The summed E-state index contributed by atoms with van der Waals surface area (Å²) >= 11 is 0. The lowest BCUT2D eigenvalue weighted by atomic mass is 10.2. The van der Waals surface area contributed by atoms with Gasteiger partial charge in [-0.1, -0.05) is 0 Å². The summed E-state index contributed by atoms with van der Waals surface area (Å²) in [6, 6.07) is 3.49. The van der Waals surface area contributed by atoms with E-state index in [2.05, 4.69) is 10.4 Å². The Balaban J connectivity index is 2.14. The molecule has 1 N–H and O–H groups in total. The molecule has 0 aliphatic carbocycles. The predicted molar refractivity (Wildman–Crippen MR) is 47.5 cm³/mol. The van der Waals surface area contributed by atoms with E-state index in [1.165, 1.54) is 5.01 Å². The van der Waals surface area contributed by atoms with Gasteiger partial charge in [0.15, 0.2) is 0 Å². The highest BCUT2D eigenvalue weighted by atomic mass is 16.2. The number of nitrogens with zero attached hydrogens (tertiary/aromatic N) is 2. The number of nitrogens with one attached hydrogen (secondary N) is 1. The van der Waals surface area contributed by atoms with E-state index in [1.807, 2.05) is 6.08 Å². The summed E-state index contributed by atoms with van der Waals surface area (Å²) in [5.41, 5.74) is 3.43. The van der Waals surface area contributed by atoms with E-state index in [-0.39, 0.29) is 5.91 Å². The Morgan fingerprint density at radius 3 is 3.15 bits per heavy atom. The second kappa shape index (κ2) is 3.26. The average molecular weight is 175 g/mol. The van der Waals surface area contributed by atoms with Crippen molar-refractivity contribution in [1.29, 1.82) is 0 Å². The number of pyridine rings is 1. The quantitative estimate of drug-likeness (QED) is 0.678. The third-order valence-corrected chi connectivity index (χ3v) is 1.79. The SMILES string of the molecule is O=C(c1cccnc1)N1CC=CN1. The highest BCUT2D eigenvalue weighted by Gasteiger charge is 2.15. The van der Waals surface area contributed by atoms with E-state index in [4.69, 9.17) is 0 Å². The zero-order valence-electron chi connectivity index (χ0n) is 6.97. The van der Waals surface area contributed by atoms with Gasteiger partial charge < -0.3 is 5.43 Å². The van der Waals surface area contributed by atoms with Crippen LogP contribution < -0.4 is 5.43 Å². The van der Waals surface area contributed by atoms with Crippen molar-refractivity contribution in [2.24, 2.45) is 0 Å². The Labute approximate surface area is 75.9 Å². The molecule has 0 unspecified atom stereocenters. The van der Waals surface area contributed by atoms with Crippen LogP contribution in [0, 0.1) is 0 Å². The van der Waals surface area contributed by atoms with Gasteiger partial charge in [-0.2, -0.15) is 0 Å². The molecule has 66 valence electrons. The van der Waals surface area contributed by atoms with Crippen LogP contribution in [0.25, 0.3) is 0 Å². The number of hydrogen-bond donors (Lipinski definition) is 1. The van der Waals surface area contributed by atoms with Crippen LogP contribution in [0.1, 0.15) is 10.4 Å². The van der Waals surface area contributed by atoms with E-state index in [9.17, 15) is 4.79 Å². The molecular formula is C9H9N3O. The fourth-order valence-corrected chi connectivity index (χ4v) is 1.14. The van der Waals surface area contributed by atoms with Crippen LogP contribution in [0.2, 0.25) is 0 Å². The largest absolute Gasteiger partial charge is 0.303 e. The molecule has 0 saturated carbocycles.